The van der Waals surface area contributed by atoms with Crippen molar-refractivity contribution in [3.05, 3.63) is 82.6 Å². The zero-order valence-corrected chi connectivity index (χ0v) is 20.0. The third-order valence-electron chi connectivity index (χ3n) is 6.23. The summed E-state index contributed by atoms with van der Waals surface area (Å²) in [5, 5.41) is 14.0. The molecular formula is C28H30N2S2. The highest BCUT2D eigenvalue weighted by atomic mass is 32.1. The summed E-state index contributed by atoms with van der Waals surface area (Å²) in [6.45, 7) is 4.37. The van der Waals surface area contributed by atoms with Gasteiger partial charge in [-0.15, -0.1) is 22.7 Å². The lowest BCUT2D eigenvalue weighted by Crippen LogP contribution is -2.13. The first-order valence-electron chi connectivity index (χ1n) is 11.6. The van der Waals surface area contributed by atoms with Gasteiger partial charge in [0.1, 0.15) is 0 Å². The summed E-state index contributed by atoms with van der Waals surface area (Å²) in [4.78, 5) is 0. The van der Waals surface area contributed by atoms with Crippen molar-refractivity contribution >= 4 is 54.0 Å². The van der Waals surface area contributed by atoms with Crippen LogP contribution in [0.3, 0.4) is 0 Å². The third-order valence-corrected chi connectivity index (χ3v) is 8.15. The fourth-order valence-corrected chi connectivity index (χ4v) is 6.48. The summed E-state index contributed by atoms with van der Waals surface area (Å²) in [6, 6.07) is 17.7. The van der Waals surface area contributed by atoms with E-state index in [1.165, 1.54) is 55.3 Å². The monoisotopic (exact) mass is 458 g/mol. The Kier molecular flexibility index (Phi) is 7.14. The lowest BCUT2D eigenvalue weighted by molar-refractivity contribution is 0.718. The normalized spacial score (nSPS) is 17.1. The average Bonchev–Trinajstić information content (AvgIpc) is 3.32. The summed E-state index contributed by atoms with van der Waals surface area (Å²) in [5.41, 5.74) is 5.91. The van der Waals surface area contributed by atoms with Crippen LogP contribution in [-0.4, -0.2) is 26.2 Å². The average molecular weight is 459 g/mol. The molecule has 0 saturated heterocycles. The van der Waals surface area contributed by atoms with Crippen molar-refractivity contribution in [3.8, 4) is 0 Å². The largest absolute Gasteiger partial charge is 0.316 e. The Balaban J connectivity index is 0.000000135. The van der Waals surface area contributed by atoms with Crippen LogP contribution in [-0.2, 0) is 0 Å². The van der Waals surface area contributed by atoms with Crippen molar-refractivity contribution in [2.45, 2.75) is 25.7 Å². The smallest absolute Gasteiger partial charge is 0.0417 e. The highest BCUT2D eigenvalue weighted by Gasteiger charge is 2.10. The maximum atomic E-state index is 3.44. The highest BCUT2D eigenvalue weighted by molar-refractivity contribution is 7.17. The Hall–Kier alpha value is -2.24. The number of allylic oxidation sites excluding steroid dienone is 1. The van der Waals surface area contributed by atoms with E-state index in [-0.39, 0.29) is 0 Å². The van der Waals surface area contributed by atoms with Gasteiger partial charge in [0.05, 0.1) is 0 Å². The summed E-state index contributed by atoms with van der Waals surface area (Å²) < 4.78 is 2.88. The van der Waals surface area contributed by atoms with E-state index in [1.54, 1.807) is 0 Å². The van der Waals surface area contributed by atoms with Crippen molar-refractivity contribution in [1.29, 1.82) is 0 Å². The zero-order valence-electron chi connectivity index (χ0n) is 18.4. The standard InChI is InChI=1S/2C14H15NS/c2*1-3-12-7-10-16-14(12)13(5-1)11-4-2-8-15-9-6-11/h1,3,5-7,10,15H,2,4,8-9H2;1,3-5,7,10,15H,2,6,8-9H2. The van der Waals surface area contributed by atoms with Gasteiger partial charge in [-0.3, -0.25) is 0 Å². The Morgan fingerprint density at radius 1 is 0.625 bits per heavy atom. The van der Waals surface area contributed by atoms with E-state index in [2.05, 4.69) is 82.1 Å². The maximum absolute atomic E-state index is 3.44. The minimum Gasteiger partial charge on any atom is -0.316 e. The van der Waals surface area contributed by atoms with E-state index in [0.29, 0.717) is 0 Å². The van der Waals surface area contributed by atoms with Crippen LogP contribution in [0.1, 0.15) is 36.8 Å². The van der Waals surface area contributed by atoms with Crippen LogP contribution in [0.2, 0.25) is 0 Å². The SMILES string of the molecule is C1=C(c2cccc3ccsc23)CCCNC1.C1=C(c2cccc3ccsc23)CCNCC1. The number of rotatable bonds is 2. The van der Waals surface area contributed by atoms with Crippen LogP contribution < -0.4 is 10.6 Å². The molecule has 2 aromatic carbocycles. The van der Waals surface area contributed by atoms with Crippen LogP contribution >= 0.6 is 22.7 Å². The van der Waals surface area contributed by atoms with Gasteiger partial charge in [0.2, 0.25) is 0 Å². The predicted octanol–water partition coefficient (Wildman–Crippen LogP) is 7.34. The van der Waals surface area contributed by atoms with Gasteiger partial charge in [0.25, 0.3) is 0 Å². The van der Waals surface area contributed by atoms with Gasteiger partial charge in [-0.2, -0.15) is 0 Å². The van der Waals surface area contributed by atoms with E-state index in [0.717, 1.165) is 39.0 Å². The molecule has 0 aliphatic carbocycles. The van der Waals surface area contributed by atoms with Crippen LogP contribution in [0.5, 0.6) is 0 Å². The first kappa shape index (κ1) is 21.6. The molecule has 32 heavy (non-hydrogen) atoms. The molecule has 0 unspecified atom stereocenters. The number of fused-ring (bicyclic) bond motifs is 2. The van der Waals surface area contributed by atoms with Gasteiger partial charge < -0.3 is 10.6 Å². The van der Waals surface area contributed by atoms with E-state index >= 15 is 0 Å². The van der Waals surface area contributed by atoms with E-state index < -0.39 is 0 Å². The molecule has 2 aliphatic rings. The summed E-state index contributed by atoms with van der Waals surface area (Å²) in [7, 11) is 0. The molecule has 6 rings (SSSR count). The van der Waals surface area contributed by atoms with Gasteiger partial charge in [-0.25, -0.2) is 0 Å². The number of hydrogen-bond acceptors (Lipinski definition) is 4. The first-order chi connectivity index (χ1) is 15.9. The van der Waals surface area contributed by atoms with Crippen LogP contribution in [0.4, 0.5) is 0 Å². The second kappa shape index (κ2) is 10.6. The molecule has 0 amide bonds. The molecular weight excluding hydrogens is 428 g/mol. The molecule has 164 valence electrons. The van der Waals surface area contributed by atoms with Crippen LogP contribution in [0, 0.1) is 0 Å². The van der Waals surface area contributed by atoms with Crippen molar-refractivity contribution in [2.24, 2.45) is 0 Å². The van der Waals surface area contributed by atoms with Crippen molar-refractivity contribution in [1.82, 2.24) is 10.6 Å². The predicted molar refractivity (Wildman–Crippen MR) is 144 cm³/mol. The lowest BCUT2D eigenvalue weighted by atomic mass is 10.0. The van der Waals surface area contributed by atoms with Crippen molar-refractivity contribution in [3.63, 3.8) is 0 Å². The van der Waals surface area contributed by atoms with Gasteiger partial charge in [-0.05, 0) is 101 Å². The second-order valence-electron chi connectivity index (χ2n) is 8.34. The highest BCUT2D eigenvalue weighted by Crippen LogP contribution is 2.33. The maximum Gasteiger partial charge on any atom is 0.0417 e. The molecule has 2 nitrogen and oxygen atoms in total. The lowest BCUT2D eigenvalue weighted by Gasteiger charge is -2.06. The first-order valence-corrected chi connectivity index (χ1v) is 13.4. The molecule has 0 saturated carbocycles. The summed E-state index contributed by atoms with van der Waals surface area (Å²) in [6.07, 6.45) is 9.49. The molecule has 0 radical (unpaired) electrons. The Bertz CT molecular complexity index is 1150. The Morgan fingerprint density at radius 3 is 2.03 bits per heavy atom. The number of benzene rings is 2. The van der Waals surface area contributed by atoms with E-state index in [1.807, 2.05) is 22.7 Å². The molecule has 2 aliphatic heterocycles. The zero-order chi connectivity index (χ0) is 21.6. The van der Waals surface area contributed by atoms with Gasteiger partial charge in [0, 0.05) is 15.9 Å². The van der Waals surface area contributed by atoms with Gasteiger partial charge >= 0.3 is 0 Å². The van der Waals surface area contributed by atoms with Crippen molar-refractivity contribution < 1.29 is 0 Å². The third kappa shape index (κ3) is 4.89. The molecule has 0 atom stereocenters. The molecule has 2 aromatic heterocycles. The quantitative estimate of drug-likeness (QED) is 0.328. The molecule has 4 aromatic rings. The number of nitrogens with one attached hydrogen (secondary N) is 2. The summed E-state index contributed by atoms with van der Waals surface area (Å²) >= 11 is 3.71. The minimum atomic E-state index is 1.01. The van der Waals surface area contributed by atoms with Crippen LogP contribution in [0.15, 0.2) is 71.4 Å². The fourth-order valence-electron chi connectivity index (χ4n) is 4.58. The molecule has 0 fully saturated rings. The topological polar surface area (TPSA) is 24.1 Å². The van der Waals surface area contributed by atoms with Gasteiger partial charge in [0.15, 0.2) is 0 Å². The molecule has 4 heteroatoms. The van der Waals surface area contributed by atoms with E-state index in [4.69, 9.17) is 0 Å². The number of thiophene rings is 2. The number of hydrogen-bond donors (Lipinski definition) is 2. The molecule has 0 spiro atoms. The Morgan fingerprint density at radius 2 is 1.31 bits per heavy atom. The second-order valence-corrected chi connectivity index (χ2v) is 10.2. The molecule has 2 N–H and O–H groups in total. The van der Waals surface area contributed by atoms with Gasteiger partial charge in [-0.1, -0.05) is 48.6 Å². The minimum absolute atomic E-state index is 1.01. The van der Waals surface area contributed by atoms with Crippen LogP contribution in [0.25, 0.3) is 31.3 Å². The molecule has 4 heterocycles. The van der Waals surface area contributed by atoms with E-state index in [9.17, 15) is 0 Å². The summed E-state index contributed by atoms with van der Waals surface area (Å²) in [5.74, 6) is 0. The molecule has 0 bridgehead atoms. The van der Waals surface area contributed by atoms with Crippen molar-refractivity contribution in [2.75, 3.05) is 26.2 Å². The fraction of sp³-hybridized carbons (Fsp3) is 0.286. The Labute approximate surface area is 198 Å².